The van der Waals surface area contributed by atoms with E-state index in [1.165, 1.54) is 19.3 Å². The highest BCUT2D eigenvalue weighted by molar-refractivity contribution is 5.96. The molecule has 222 valence electrons. The summed E-state index contributed by atoms with van der Waals surface area (Å²) in [6.07, 6.45) is 4.98. The van der Waals surface area contributed by atoms with E-state index >= 15 is 0 Å². The van der Waals surface area contributed by atoms with Crippen molar-refractivity contribution in [3.05, 3.63) is 59.8 Å². The molecule has 1 N–H and O–H groups in total. The average molecular weight is 571 g/mol. The third kappa shape index (κ3) is 5.31. The molecule has 1 saturated carbocycles. The zero-order valence-corrected chi connectivity index (χ0v) is 25.0. The van der Waals surface area contributed by atoms with Crippen LogP contribution in [0.15, 0.2) is 48.5 Å². The van der Waals surface area contributed by atoms with Crippen molar-refractivity contribution in [1.29, 1.82) is 0 Å². The van der Waals surface area contributed by atoms with Gasteiger partial charge in [0.1, 0.15) is 0 Å². The maximum atomic E-state index is 14.4. The number of rotatable bonds is 8. The van der Waals surface area contributed by atoms with E-state index in [0.717, 1.165) is 67.0 Å². The lowest BCUT2D eigenvalue weighted by molar-refractivity contribution is -0.0439. The lowest BCUT2D eigenvalue weighted by Crippen LogP contribution is -2.48. The molecular formula is C34H42N4O4. The summed E-state index contributed by atoms with van der Waals surface area (Å²) in [5, 5.41) is 4.74. The van der Waals surface area contributed by atoms with Gasteiger partial charge in [-0.25, -0.2) is 0 Å². The molecule has 0 unspecified atom stereocenters. The van der Waals surface area contributed by atoms with Crippen molar-refractivity contribution in [2.75, 3.05) is 39.8 Å². The molecule has 4 aliphatic rings. The fourth-order valence-corrected chi connectivity index (χ4v) is 7.72. The number of hydrogen-bond donors (Lipinski definition) is 1. The molecule has 1 aromatic heterocycles. The Morgan fingerprint density at radius 2 is 1.90 bits per heavy atom. The van der Waals surface area contributed by atoms with Gasteiger partial charge in [-0.2, -0.15) is 0 Å². The van der Waals surface area contributed by atoms with E-state index in [-0.39, 0.29) is 5.91 Å². The van der Waals surface area contributed by atoms with Crippen molar-refractivity contribution in [3.63, 3.8) is 0 Å². The van der Waals surface area contributed by atoms with Gasteiger partial charge in [0.25, 0.3) is 5.91 Å². The maximum Gasteiger partial charge on any atom is 0.254 e. The van der Waals surface area contributed by atoms with Crippen LogP contribution in [0.4, 0.5) is 0 Å². The Bertz CT molecular complexity index is 1460. The number of carbonyl (C=O) groups excluding carboxylic acids is 1. The molecule has 2 saturated heterocycles. The number of piperidine rings is 1. The molecule has 8 nitrogen and oxygen atoms in total. The molecule has 4 heterocycles. The number of hydrogen-bond acceptors (Lipinski definition) is 7. The lowest BCUT2D eigenvalue weighted by atomic mass is 9.85. The molecule has 0 radical (unpaired) electrons. The number of amides is 1. The number of ether oxygens (including phenoxy) is 3. The Labute approximate surface area is 248 Å². The van der Waals surface area contributed by atoms with Crippen molar-refractivity contribution in [2.45, 2.75) is 57.9 Å². The first kappa shape index (κ1) is 27.5. The SMILES string of the molecule is COc1cc(C(=O)N(Cc2ccc3ccccc3n2)C[C@@H]2CCCN2C[C@@H]2[C@@H]3CC[C@H]2CNC3)cc2c1OC(C)(C)O2. The van der Waals surface area contributed by atoms with Crippen LogP contribution < -0.4 is 19.5 Å². The van der Waals surface area contributed by atoms with E-state index in [1.807, 2.05) is 43.0 Å². The summed E-state index contributed by atoms with van der Waals surface area (Å²) in [7, 11) is 1.60. The molecule has 3 fully saturated rings. The second kappa shape index (κ2) is 11.0. The Balaban J connectivity index is 1.17. The topological polar surface area (TPSA) is 76.2 Å². The average Bonchev–Trinajstić information content (AvgIpc) is 3.62. The molecule has 7 rings (SSSR count). The number of likely N-dealkylation sites (tertiary alicyclic amines) is 1. The van der Waals surface area contributed by atoms with Crippen LogP contribution in [-0.2, 0) is 6.54 Å². The third-order valence-corrected chi connectivity index (χ3v) is 9.80. The molecule has 4 atom stereocenters. The molecule has 2 aromatic carbocycles. The van der Waals surface area contributed by atoms with E-state index in [0.29, 0.717) is 41.9 Å². The standard InChI is InChI=1S/C34H42N4O4/c1-34(2)41-31-16-25(15-30(40-3)32(31)42-34)33(39)38(19-26-13-12-22-7-4-5-9-29(22)36-26)20-27-8-6-14-37(27)21-28-23-10-11-24(28)18-35-17-23/h4-5,7,9,12-13,15-16,23-24,27-28,35H,6,8,10-11,14,17-21H2,1-3H3/t23-,24+,27-,28-/m0/s1. The number of methoxy groups -OCH3 is 1. The molecule has 8 heteroatoms. The van der Waals surface area contributed by atoms with Crippen LogP contribution in [0, 0.1) is 17.8 Å². The summed E-state index contributed by atoms with van der Waals surface area (Å²) in [6, 6.07) is 16.2. The molecule has 2 bridgehead atoms. The van der Waals surface area contributed by atoms with Gasteiger partial charge >= 0.3 is 0 Å². The van der Waals surface area contributed by atoms with E-state index in [9.17, 15) is 4.79 Å². The van der Waals surface area contributed by atoms with Gasteiger partial charge in [-0.3, -0.25) is 14.7 Å². The second-order valence-electron chi connectivity index (χ2n) is 13.0. The summed E-state index contributed by atoms with van der Waals surface area (Å²) in [5.74, 6) is 3.06. The summed E-state index contributed by atoms with van der Waals surface area (Å²) in [6.45, 7) is 9.37. The first-order valence-corrected chi connectivity index (χ1v) is 15.6. The third-order valence-electron chi connectivity index (χ3n) is 9.80. The minimum absolute atomic E-state index is 0.0480. The van der Waals surface area contributed by atoms with Crippen molar-refractivity contribution >= 4 is 16.8 Å². The first-order valence-electron chi connectivity index (χ1n) is 15.6. The predicted octanol–water partition coefficient (Wildman–Crippen LogP) is 5.10. The van der Waals surface area contributed by atoms with Gasteiger partial charge in [-0.15, -0.1) is 0 Å². The Morgan fingerprint density at radius 1 is 1.10 bits per heavy atom. The van der Waals surface area contributed by atoms with Gasteiger partial charge in [0.2, 0.25) is 11.5 Å². The molecular weight excluding hydrogens is 528 g/mol. The van der Waals surface area contributed by atoms with E-state index in [2.05, 4.69) is 22.3 Å². The quantitative estimate of drug-likeness (QED) is 0.404. The Hall–Kier alpha value is -3.36. The van der Waals surface area contributed by atoms with Gasteiger partial charge in [0.15, 0.2) is 11.5 Å². The first-order chi connectivity index (χ1) is 20.4. The Morgan fingerprint density at radius 3 is 2.71 bits per heavy atom. The van der Waals surface area contributed by atoms with E-state index < -0.39 is 5.79 Å². The number of fused-ring (bicyclic) bond motifs is 4. The molecule has 1 aliphatic carbocycles. The smallest absolute Gasteiger partial charge is 0.254 e. The van der Waals surface area contributed by atoms with Crippen LogP contribution in [-0.4, -0.2) is 72.4 Å². The number of aromatic nitrogens is 1. The van der Waals surface area contributed by atoms with Crippen molar-refractivity contribution < 1.29 is 19.0 Å². The normalized spacial score (nSPS) is 26.1. The van der Waals surface area contributed by atoms with Crippen molar-refractivity contribution in [1.82, 2.24) is 20.1 Å². The zero-order valence-electron chi connectivity index (χ0n) is 25.0. The summed E-state index contributed by atoms with van der Waals surface area (Å²) in [4.78, 5) is 24.0. The van der Waals surface area contributed by atoms with Crippen molar-refractivity contribution in [2.24, 2.45) is 17.8 Å². The van der Waals surface area contributed by atoms with Gasteiger partial charge in [0.05, 0.1) is 24.9 Å². The minimum Gasteiger partial charge on any atom is -0.493 e. The maximum absolute atomic E-state index is 14.4. The molecule has 42 heavy (non-hydrogen) atoms. The van der Waals surface area contributed by atoms with E-state index in [1.54, 1.807) is 19.2 Å². The fraction of sp³-hybridized carbons (Fsp3) is 0.529. The summed E-state index contributed by atoms with van der Waals surface area (Å²) < 4.78 is 17.7. The largest absolute Gasteiger partial charge is 0.493 e. The van der Waals surface area contributed by atoms with Crippen LogP contribution in [0.2, 0.25) is 0 Å². The van der Waals surface area contributed by atoms with Crippen LogP contribution in [0.25, 0.3) is 10.9 Å². The van der Waals surface area contributed by atoms with Gasteiger partial charge < -0.3 is 24.4 Å². The number of nitrogens with one attached hydrogen (secondary N) is 1. The number of benzene rings is 2. The molecule has 3 aliphatic heterocycles. The number of carbonyl (C=O) groups is 1. The predicted molar refractivity (Wildman–Crippen MR) is 162 cm³/mol. The van der Waals surface area contributed by atoms with Crippen LogP contribution in [0.5, 0.6) is 17.2 Å². The van der Waals surface area contributed by atoms with Crippen molar-refractivity contribution in [3.8, 4) is 17.2 Å². The Kier molecular flexibility index (Phi) is 7.22. The number of para-hydroxylation sites is 1. The summed E-state index contributed by atoms with van der Waals surface area (Å²) >= 11 is 0. The molecule has 0 spiro atoms. The molecule has 1 amide bonds. The van der Waals surface area contributed by atoms with Crippen LogP contribution >= 0.6 is 0 Å². The van der Waals surface area contributed by atoms with Gasteiger partial charge in [-0.1, -0.05) is 24.3 Å². The number of nitrogens with zero attached hydrogens (tertiary/aromatic N) is 3. The van der Waals surface area contributed by atoms with E-state index in [4.69, 9.17) is 19.2 Å². The second-order valence-corrected chi connectivity index (χ2v) is 13.0. The highest BCUT2D eigenvalue weighted by Crippen LogP contribution is 2.47. The van der Waals surface area contributed by atoms with Crippen LogP contribution in [0.3, 0.4) is 0 Å². The molecule has 3 aromatic rings. The zero-order chi connectivity index (χ0) is 28.8. The van der Waals surface area contributed by atoms with Gasteiger partial charge in [-0.05, 0) is 87.3 Å². The summed E-state index contributed by atoms with van der Waals surface area (Å²) in [5.41, 5.74) is 2.36. The lowest BCUT2D eigenvalue weighted by Gasteiger charge is -2.37. The van der Waals surface area contributed by atoms with Gasteiger partial charge in [0, 0.05) is 43.9 Å². The fourth-order valence-electron chi connectivity index (χ4n) is 7.72. The highest BCUT2D eigenvalue weighted by atomic mass is 16.7. The highest BCUT2D eigenvalue weighted by Gasteiger charge is 2.42. The number of pyridine rings is 1. The minimum atomic E-state index is -0.815. The monoisotopic (exact) mass is 570 g/mol. The van der Waals surface area contributed by atoms with Crippen LogP contribution in [0.1, 0.15) is 55.6 Å².